The fraction of sp³-hybridized carbons (Fsp3) is 0.907. The molecule has 0 spiro atoms. The van der Waals surface area contributed by atoms with E-state index in [2.05, 4.69) is 13.8 Å². The van der Waals surface area contributed by atoms with Crippen molar-refractivity contribution in [2.75, 3.05) is 39.6 Å². The van der Waals surface area contributed by atoms with Gasteiger partial charge in [-0.1, -0.05) is 143 Å². The lowest BCUT2D eigenvalue weighted by Crippen LogP contribution is -2.30. The van der Waals surface area contributed by atoms with E-state index >= 15 is 0 Å². The molecule has 0 heterocycles. The summed E-state index contributed by atoms with van der Waals surface area (Å²) in [6, 6.07) is 0. The Bertz CT molecular complexity index is 1250. The summed E-state index contributed by atoms with van der Waals surface area (Å²) in [5.74, 6) is -2.23. The first kappa shape index (κ1) is 60.1. The third-order valence-corrected chi connectivity index (χ3v) is 11.5. The minimum absolute atomic E-state index is 0.0890. The van der Waals surface area contributed by atoms with E-state index in [0.717, 1.165) is 77.0 Å². The topological polar surface area (TPSA) is 237 Å². The number of ether oxygens (including phenoxy) is 4. The molecule has 3 N–H and O–H groups in total. The maximum Gasteiger partial charge on any atom is 0.472 e. The third kappa shape index (κ3) is 38.5. The maximum absolute atomic E-state index is 12.6. The van der Waals surface area contributed by atoms with Crippen LogP contribution in [0, 0.1) is 0 Å². The average molecular weight is 933 g/mol. The van der Waals surface area contributed by atoms with Gasteiger partial charge in [0, 0.05) is 25.7 Å². The molecule has 366 valence electrons. The van der Waals surface area contributed by atoms with E-state index < -0.39 is 97.5 Å². The highest BCUT2D eigenvalue weighted by atomic mass is 31.2. The van der Waals surface area contributed by atoms with Crippen LogP contribution in [-0.2, 0) is 65.4 Å². The predicted molar refractivity (Wildman–Crippen MR) is 234 cm³/mol. The summed E-state index contributed by atoms with van der Waals surface area (Å²) in [4.78, 5) is 69.9. The van der Waals surface area contributed by atoms with Gasteiger partial charge in [0.15, 0.2) is 12.2 Å². The van der Waals surface area contributed by atoms with Gasteiger partial charge < -0.3 is 33.8 Å². The number of phosphoric ester groups is 2. The quantitative estimate of drug-likeness (QED) is 0.0223. The van der Waals surface area contributed by atoms with Gasteiger partial charge in [-0.05, 0) is 25.7 Å². The molecule has 0 aliphatic heterocycles. The monoisotopic (exact) mass is 933 g/mol. The van der Waals surface area contributed by atoms with Crippen molar-refractivity contribution in [2.45, 2.75) is 213 Å². The molecule has 19 heteroatoms. The number of phosphoric acid groups is 2. The molecule has 0 aliphatic rings. The Morgan fingerprint density at radius 1 is 0.387 bits per heavy atom. The zero-order chi connectivity index (χ0) is 46.3. The number of unbranched alkanes of at least 4 members (excludes halogenated alkanes) is 18. The highest BCUT2D eigenvalue weighted by Crippen LogP contribution is 2.45. The van der Waals surface area contributed by atoms with Gasteiger partial charge in [-0.15, -0.1) is 0 Å². The molecule has 0 bridgehead atoms. The van der Waals surface area contributed by atoms with Crippen molar-refractivity contribution in [3.63, 3.8) is 0 Å². The van der Waals surface area contributed by atoms with Gasteiger partial charge in [-0.3, -0.25) is 37.3 Å². The molecule has 0 saturated heterocycles. The number of esters is 4. The number of hydrogen-bond donors (Lipinski definition) is 3. The zero-order valence-electron chi connectivity index (χ0n) is 38.3. The van der Waals surface area contributed by atoms with Crippen molar-refractivity contribution < 1.29 is 80.2 Å². The van der Waals surface area contributed by atoms with Crippen LogP contribution in [0.4, 0.5) is 0 Å². The van der Waals surface area contributed by atoms with Crippen molar-refractivity contribution in [2.24, 2.45) is 0 Å². The van der Waals surface area contributed by atoms with Crippen LogP contribution in [0.15, 0.2) is 0 Å². The smallest absolute Gasteiger partial charge is 0.462 e. The van der Waals surface area contributed by atoms with Gasteiger partial charge in [0.25, 0.3) is 0 Å². The Morgan fingerprint density at radius 3 is 1.03 bits per heavy atom. The van der Waals surface area contributed by atoms with Crippen molar-refractivity contribution in [3.8, 4) is 0 Å². The number of hydrogen-bond acceptors (Lipinski definition) is 15. The van der Waals surface area contributed by atoms with E-state index in [0.29, 0.717) is 25.7 Å². The summed E-state index contributed by atoms with van der Waals surface area (Å²) in [5.41, 5.74) is 0. The minimum Gasteiger partial charge on any atom is -0.462 e. The third-order valence-electron chi connectivity index (χ3n) is 9.60. The van der Waals surface area contributed by atoms with E-state index in [-0.39, 0.29) is 25.7 Å². The number of carbonyl (C=O) groups is 4. The number of aliphatic hydroxyl groups is 1. The van der Waals surface area contributed by atoms with Crippen LogP contribution in [0.2, 0.25) is 0 Å². The highest BCUT2D eigenvalue weighted by Gasteiger charge is 2.30. The van der Waals surface area contributed by atoms with E-state index in [1.807, 2.05) is 13.8 Å². The van der Waals surface area contributed by atoms with Crippen molar-refractivity contribution in [3.05, 3.63) is 0 Å². The van der Waals surface area contributed by atoms with Crippen molar-refractivity contribution in [1.82, 2.24) is 0 Å². The number of aliphatic hydroxyl groups excluding tert-OH is 1. The van der Waals surface area contributed by atoms with Crippen molar-refractivity contribution >= 4 is 39.5 Å². The van der Waals surface area contributed by atoms with Gasteiger partial charge in [-0.2, -0.15) is 0 Å². The van der Waals surface area contributed by atoms with Crippen LogP contribution < -0.4 is 0 Å². The molecule has 0 aliphatic carbocycles. The second-order valence-corrected chi connectivity index (χ2v) is 18.6. The molecule has 0 aromatic carbocycles. The van der Waals surface area contributed by atoms with Gasteiger partial charge in [-0.25, -0.2) is 9.13 Å². The molecule has 0 fully saturated rings. The number of rotatable bonds is 44. The molecule has 0 amide bonds. The van der Waals surface area contributed by atoms with E-state index in [1.165, 1.54) is 38.5 Å². The summed E-state index contributed by atoms with van der Waals surface area (Å²) in [6.45, 7) is 4.21. The molecular formula is C43H82O17P2. The molecule has 0 aromatic rings. The lowest BCUT2D eigenvalue weighted by molar-refractivity contribution is -0.161. The van der Waals surface area contributed by atoms with Crippen LogP contribution in [0.5, 0.6) is 0 Å². The Kier molecular flexibility index (Phi) is 38.2. The lowest BCUT2D eigenvalue weighted by atomic mass is 10.1. The molecule has 0 rings (SSSR count). The van der Waals surface area contributed by atoms with Crippen LogP contribution in [0.25, 0.3) is 0 Å². The Labute approximate surface area is 371 Å². The molecule has 0 aromatic heterocycles. The standard InChI is InChI=1S/C43H82O17P2/c1-5-9-13-15-17-18-19-20-21-23-26-30-43(48)60-38(33-53-40(45)27-12-8-4)35-57-61(49,50)55-31-37(44)32-56-62(51,52)58-36-39(59-42(47)29-24-11-7-3)34-54-41(46)28-25-22-16-14-10-6-2/h37-39,44H,5-36H2,1-4H3,(H,49,50)(H,51,52)/t37-,38-,39-/m1/s1. The van der Waals surface area contributed by atoms with Crippen LogP contribution in [0.3, 0.4) is 0 Å². The second kappa shape index (κ2) is 39.4. The molecule has 2 unspecified atom stereocenters. The predicted octanol–water partition coefficient (Wildman–Crippen LogP) is 9.75. The summed E-state index contributed by atoms with van der Waals surface area (Å²) in [6.07, 6.45) is 17.9. The molecule has 0 radical (unpaired) electrons. The summed E-state index contributed by atoms with van der Waals surface area (Å²) in [7, 11) is -9.80. The summed E-state index contributed by atoms with van der Waals surface area (Å²) in [5, 5.41) is 10.3. The SMILES string of the molecule is CCCCCCCCCCCCCC(=O)O[C@H](COC(=O)CCCC)COP(=O)(O)OC[C@@H](O)COP(=O)(O)OC[C@@H](COC(=O)CCCCCCCC)OC(=O)CCCCC. The average Bonchev–Trinajstić information content (AvgIpc) is 3.23. The van der Waals surface area contributed by atoms with E-state index in [4.69, 9.17) is 37.0 Å². The number of carbonyl (C=O) groups excluding carboxylic acids is 4. The molecule has 0 saturated carbocycles. The Morgan fingerprint density at radius 2 is 0.661 bits per heavy atom. The summed E-state index contributed by atoms with van der Waals surface area (Å²) < 4.78 is 66.0. The van der Waals surface area contributed by atoms with E-state index in [9.17, 15) is 43.2 Å². The molecule has 5 atom stereocenters. The second-order valence-electron chi connectivity index (χ2n) is 15.7. The minimum atomic E-state index is -4.90. The normalized spacial score (nSPS) is 14.9. The Hall–Kier alpha value is -1.94. The maximum atomic E-state index is 12.6. The van der Waals surface area contributed by atoms with Crippen LogP contribution >= 0.6 is 15.6 Å². The fourth-order valence-corrected chi connectivity index (χ4v) is 7.48. The lowest BCUT2D eigenvalue weighted by Gasteiger charge is -2.21. The molecule has 62 heavy (non-hydrogen) atoms. The molecular weight excluding hydrogens is 850 g/mol. The highest BCUT2D eigenvalue weighted by molar-refractivity contribution is 7.47. The van der Waals surface area contributed by atoms with Crippen molar-refractivity contribution in [1.29, 1.82) is 0 Å². The van der Waals surface area contributed by atoms with Crippen LogP contribution in [-0.4, -0.2) is 96.7 Å². The van der Waals surface area contributed by atoms with Gasteiger partial charge in [0.2, 0.25) is 0 Å². The fourth-order valence-electron chi connectivity index (χ4n) is 5.90. The van der Waals surface area contributed by atoms with Gasteiger partial charge >= 0.3 is 39.5 Å². The van der Waals surface area contributed by atoms with E-state index in [1.54, 1.807) is 0 Å². The largest absolute Gasteiger partial charge is 0.472 e. The first-order valence-electron chi connectivity index (χ1n) is 23.3. The van der Waals surface area contributed by atoms with Gasteiger partial charge in [0.1, 0.15) is 19.3 Å². The molecule has 17 nitrogen and oxygen atoms in total. The zero-order valence-corrected chi connectivity index (χ0v) is 40.1. The summed E-state index contributed by atoms with van der Waals surface area (Å²) >= 11 is 0. The first-order valence-corrected chi connectivity index (χ1v) is 26.3. The van der Waals surface area contributed by atoms with Crippen LogP contribution in [0.1, 0.15) is 195 Å². The first-order chi connectivity index (χ1) is 29.7. The van der Waals surface area contributed by atoms with Gasteiger partial charge in [0.05, 0.1) is 26.4 Å². The Balaban J connectivity index is 4.96.